The van der Waals surface area contributed by atoms with E-state index in [2.05, 4.69) is 21.3 Å². The molecule has 0 bridgehead atoms. The van der Waals surface area contributed by atoms with Crippen molar-refractivity contribution < 1.29 is 0 Å². The van der Waals surface area contributed by atoms with Crippen molar-refractivity contribution >= 4 is 11.8 Å². The van der Waals surface area contributed by atoms with Gasteiger partial charge in [-0.05, 0) is 36.7 Å². The van der Waals surface area contributed by atoms with Gasteiger partial charge in [0.15, 0.2) is 5.16 Å². The zero-order valence-corrected chi connectivity index (χ0v) is 10.1. The number of H-pyrrole nitrogens is 1. The largest absolute Gasteiger partial charge is 0.344 e. The van der Waals surface area contributed by atoms with Gasteiger partial charge in [0.05, 0.1) is 11.6 Å². The Balaban J connectivity index is 1.92. The van der Waals surface area contributed by atoms with Gasteiger partial charge < -0.3 is 0 Å². The third-order valence-corrected chi connectivity index (χ3v) is 3.55. The Bertz CT molecular complexity index is 679. The number of nitriles is 1. The first kappa shape index (κ1) is 11.0. The molecule has 2 heterocycles. The molecule has 2 aromatic rings. The average Bonchev–Trinajstić information content (AvgIpc) is 3.15. The summed E-state index contributed by atoms with van der Waals surface area (Å²) in [4.78, 5) is 15.7. The number of hydrogen-bond acceptors (Lipinski definition) is 5. The Labute approximate surface area is 107 Å². The van der Waals surface area contributed by atoms with Crippen molar-refractivity contribution in [3.05, 3.63) is 34.4 Å². The molecule has 1 N–H and O–H groups in total. The van der Waals surface area contributed by atoms with Crippen LogP contribution in [0.3, 0.4) is 0 Å². The van der Waals surface area contributed by atoms with E-state index in [4.69, 9.17) is 5.26 Å². The maximum atomic E-state index is 11.6. The van der Waals surface area contributed by atoms with E-state index in [-0.39, 0.29) is 11.7 Å². The van der Waals surface area contributed by atoms with Gasteiger partial charge in [-0.3, -0.25) is 4.57 Å². The van der Waals surface area contributed by atoms with Crippen molar-refractivity contribution in [1.29, 1.82) is 5.26 Å². The van der Waals surface area contributed by atoms with E-state index in [9.17, 15) is 4.79 Å². The molecule has 6 nitrogen and oxygen atoms in total. The lowest BCUT2D eigenvalue weighted by atomic mass is 10.3. The van der Waals surface area contributed by atoms with Crippen molar-refractivity contribution in [3.63, 3.8) is 0 Å². The van der Waals surface area contributed by atoms with Crippen LogP contribution in [0.15, 0.2) is 33.3 Å². The second-order valence-electron chi connectivity index (χ2n) is 4.01. The molecule has 0 aromatic carbocycles. The highest BCUT2D eigenvalue weighted by Gasteiger charge is 2.28. The van der Waals surface area contributed by atoms with Gasteiger partial charge in [-0.15, -0.1) is 5.10 Å². The summed E-state index contributed by atoms with van der Waals surface area (Å²) < 4.78 is 1.66. The Hall–Kier alpha value is -2.07. The molecular weight excluding hydrogens is 250 g/mol. The zero-order valence-electron chi connectivity index (χ0n) is 9.33. The number of pyridine rings is 1. The fraction of sp³-hybridized carbons (Fsp3) is 0.273. The van der Waals surface area contributed by atoms with Crippen LogP contribution in [0, 0.1) is 11.3 Å². The molecule has 1 aliphatic rings. The third-order valence-electron chi connectivity index (χ3n) is 2.64. The highest BCUT2D eigenvalue weighted by molar-refractivity contribution is 7.99. The molecule has 1 saturated carbocycles. The van der Waals surface area contributed by atoms with E-state index in [0.717, 1.165) is 12.8 Å². The van der Waals surface area contributed by atoms with E-state index >= 15 is 0 Å². The van der Waals surface area contributed by atoms with Gasteiger partial charge in [0, 0.05) is 12.2 Å². The van der Waals surface area contributed by atoms with Gasteiger partial charge in [0.2, 0.25) is 0 Å². The minimum Gasteiger partial charge on any atom is -0.267 e. The standard InChI is InChI=1S/C11H9N5OS/c12-6-7-3-4-13-9(5-7)18-11-15-14-10(17)16(11)8-1-2-8/h3-5,8H,1-2H2,(H,14,17). The molecule has 0 spiro atoms. The van der Waals surface area contributed by atoms with Gasteiger partial charge >= 0.3 is 5.69 Å². The van der Waals surface area contributed by atoms with Crippen molar-refractivity contribution in [2.45, 2.75) is 29.1 Å². The smallest absolute Gasteiger partial charge is 0.267 e. The normalized spacial score (nSPS) is 14.4. The van der Waals surface area contributed by atoms with E-state index in [1.807, 2.05) is 0 Å². The number of nitrogens with one attached hydrogen (secondary N) is 1. The summed E-state index contributed by atoms with van der Waals surface area (Å²) in [7, 11) is 0. The van der Waals surface area contributed by atoms with Crippen LogP contribution in [0.5, 0.6) is 0 Å². The molecule has 7 heteroatoms. The van der Waals surface area contributed by atoms with Gasteiger partial charge in [0.25, 0.3) is 0 Å². The van der Waals surface area contributed by atoms with Crippen LogP contribution < -0.4 is 5.69 Å². The van der Waals surface area contributed by atoms with Crippen molar-refractivity contribution in [3.8, 4) is 6.07 Å². The summed E-state index contributed by atoms with van der Waals surface area (Å²) in [5.41, 5.74) is 0.361. The number of nitrogens with zero attached hydrogens (tertiary/aromatic N) is 4. The summed E-state index contributed by atoms with van der Waals surface area (Å²) in [5, 5.41) is 16.5. The van der Waals surface area contributed by atoms with Crippen LogP contribution in [-0.4, -0.2) is 19.7 Å². The van der Waals surface area contributed by atoms with Crippen LogP contribution in [0.25, 0.3) is 0 Å². The summed E-state index contributed by atoms with van der Waals surface area (Å²) in [5.74, 6) is 0. The Morgan fingerprint density at radius 3 is 3.11 bits per heavy atom. The fourth-order valence-electron chi connectivity index (χ4n) is 1.65. The van der Waals surface area contributed by atoms with Crippen LogP contribution in [-0.2, 0) is 0 Å². The molecule has 0 amide bonds. The quantitative estimate of drug-likeness (QED) is 0.898. The molecule has 18 heavy (non-hydrogen) atoms. The van der Waals surface area contributed by atoms with Gasteiger partial charge in [-0.1, -0.05) is 0 Å². The van der Waals surface area contributed by atoms with Gasteiger partial charge in [-0.25, -0.2) is 14.9 Å². The Morgan fingerprint density at radius 1 is 1.56 bits per heavy atom. The number of rotatable bonds is 3. The summed E-state index contributed by atoms with van der Waals surface area (Å²) in [6, 6.07) is 5.64. The second-order valence-corrected chi connectivity index (χ2v) is 5.00. The SMILES string of the molecule is N#Cc1ccnc(Sc2n[nH]c(=O)n2C2CC2)c1. The molecule has 0 saturated heterocycles. The molecule has 3 rings (SSSR count). The summed E-state index contributed by atoms with van der Waals surface area (Å²) >= 11 is 1.29. The van der Waals surface area contributed by atoms with E-state index in [1.54, 1.807) is 22.9 Å². The van der Waals surface area contributed by atoms with Gasteiger partial charge in [0.1, 0.15) is 5.03 Å². The second kappa shape index (κ2) is 4.31. The van der Waals surface area contributed by atoms with Crippen molar-refractivity contribution in [2.24, 2.45) is 0 Å². The predicted molar refractivity (Wildman–Crippen MR) is 64.2 cm³/mol. The fourth-order valence-corrected chi connectivity index (χ4v) is 2.55. The topological polar surface area (TPSA) is 87.4 Å². The number of aromatic amines is 1. The molecule has 0 unspecified atom stereocenters. The molecule has 0 aliphatic heterocycles. The molecule has 0 atom stereocenters. The van der Waals surface area contributed by atoms with E-state index in [1.165, 1.54) is 11.8 Å². The first-order chi connectivity index (χ1) is 8.78. The average molecular weight is 259 g/mol. The summed E-state index contributed by atoms with van der Waals surface area (Å²) in [6.45, 7) is 0. The zero-order chi connectivity index (χ0) is 12.5. The molecule has 90 valence electrons. The Kier molecular flexibility index (Phi) is 2.64. The van der Waals surface area contributed by atoms with Crippen molar-refractivity contribution in [2.75, 3.05) is 0 Å². The monoisotopic (exact) mass is 259 g/mol. The number of aromatic nitrogens is 4. The molecule has 0 radical (unpaired) electrons. The molecular formula is C11H9N5OS. The molecule has 1 aliphatic carbocycles. The van der Waals surface area contributed by atoms with Crippen LogP contribution in [0.2, 0.25) is 0 Å². The lowest BCUT2D eigenvalue weighted by Crippen LogP contribution is -2.16. The minimum atomic E-state index is -0.184. The van der Waals surface area contributed by atoms with Crippen LogP contribution in [0.4, 0.5) is 0 Å². The lowest BCUT2D eigenvalue weighted by molar-refractivity contribution is 0.642. The minimum absolute atomic E-state index is 0.184. The third kappa shape index (κ3) is 2.02. The highest BCUT2D eigenvalue weighted by Crippen LogP contribution is 2.37. The van der Waals surface area contributed by atoms with Crippen molar-refractivity contribution in [1.82, 2.24) is 19.7 Å². The van der Waals surface area contributed by atoms with E-state index < -0.39 is 0 Å². The lowest BCUT2D eigenvalue weighted by Gasteiger charge is -2.02. The maximum absolute atomic E-state index is 11.6. The van der Waals surface area contributed by atoms with Gasteiger partial charge in [-0.2, -0.15) is 5.26 Å². The molecule has 1 fully saturated rings. The van der Waals surface area contributed by atoms with Crippen LogP contribution in [0.1, 0.15) is 24.4 Å². The predicted octanol–water partition coefficient (Wildman–Crippen LogP) is 1.32. The summed E-state index contributed by atoms with van der Waals surface area (Å²) in [6.07, 6.45) is 3.60. The first-order valence-corrected chi connectivity index (χ1v) is 6.30. The highest BCUT2D eigenvalue weighted by atomic mass is 32.2. The van der Waals surface area contributed by atoms with E-state index in [0.29, 0.717) is 15.7 Å². The Morgan fingerprint density at radius 2 is 2.39 bits per heavy atom. The number of hydrogen-bond donors (Lipinski definition) is 1. The molecule has 2 aromatic heterocycles. The van der Waals surface area contributed by atoms with Crippen LogP contribution >= 0.6 is 11.8 Å². The first-order valence-electron chi connectivity index (χ1n) is 5.49. The maximum Gasteiger partial charge on any atom is 0.344 e.